The van der Waals surface area contributed by atoms with Gasteiger partial charge in [-0.15, -0.1) is 0 Å². The molecule has 0 nitrogen and oxygen atoms in total. The van der Waals surface area contributed by atoms with Crippen molar-refractivity contribution in [3.63, 3.8) is 0 Å². The van der Waals surface area contributed by atoms with Gasteiger partial charge >= 0.3 is 0 Å². The summed E-state index contributed by atoms with van der Waals surface area (Å²) < 4.78 is 0. The standard InChI is InChI=1S/C27H30/c1-3-8-22(9-4-1)10-7-11-23-14-16-25(17-15-23)27-20-18-26(19-21-27)24-12-5-2-6-13-24/h2,5-6,12-22H,1,3-4,7-11H2. The summed E-state index contributed by atoms with van der Waals surface area (Å²) in [5, 5.41) is 0. The molecule has 0 heteroatoms. The first-order valence-electron chi connectivity index (χ1n) is 10.6. The summed E-state index contributed by atoms with van der Waals surface area (Å²) in [5.41, 5.74) is 6.64. The quantitative estimate of drug-likeness (QED) is 0.421. The Morgan fingerprint density at radius 2 is 1.07 bits per heavy atom. The van der Waals surface area contributed by atoms with Crippen LogP contribution in [0.5, 0.6) is 0 Å². The molecule has 27 heavy (non-hydrogen) atoms. The molecule has 0 saturated heterocycles. The summed E-state index contributed by atoms with van der Waals surface area (Å²) in [5.74, 6) is 1.00. The van der Waals surface area contributed by atoms with Crippen molar-refractivity contribution in [3.05, 3.63) is 84.4 Å². The van der Waals surface area contributed by atoms with Gasteiger partial charge in [0.15, 0.2) is 0 Å². The van der Waals surface area contributed by atoms with Crippen LogP contribution in [0.25, 0.3) is 22.3 Å². The molecule has 3 aromatic rings. The summed E-state index contributed by atoms with van der Waals surface area (Å²) >= 11 is 0. The van der Waals surface area contributed by atoms with Crippen molar-refractivity contribution in [1.82, 2.24) is 0 Å². The molecule has 4 rings (SSSR count). The first-order valence-corrected chi connectivity index (χ1v) is 10.6. The van der Waals surface area contributed by atoms with E-state index in [9.17, 15) is 0 Å². The van der Waals surface area contributed by atoms with Crippen LogP contribution in [0.4, 0.5) is 0 Å². The summed E-state index contributed by atoms with van der Waals surface area (Å²) in [6.45, 7) is 0. The Labute approximate surface area is 164 Å². The first kappa shape index (κ1) is 18.0. The lowest BCUT2D eigenvalue weighted by atomic mass is 9.85. The number of hydrogen-bond acceptors (Lipinski definition) is 0. The van der Waals surface area contributed by atoms with E-state index in [1.807, 2.05) is 0 Å². The molecule has 0 aliphatic heterocycles. The minimum atomic E-state index is 1.00. The second-order valence-corrected chi connectivity index (χ2v) is 8.04. The van der Waals surface area contributed by atoms with E-state index in [0.717, 1.165) is 5.92 Å². The molecule has 0 unspecified atom stereocenters. The number of hydrogen-bond donors (Lipinski definition) is 0. The molecule has 1 aliphatic rings. The van der Waals surface area contributed by atoms with Gasteiger partial charge in [0.1, 0.15) is 0 Å². The van der Waals surface area contributed by atoms with E-state index >= 15 is 0 Å². The second-order valence-electron chi connectivity index (χ2n) is 8.04. The normalized spacial score (nSPS) is 15.0. The van der Waals surface area contributed by atoms with Crippen LogP contribution in [-0.4, -0.2) is 0 Å². The predicted octanol–water partition coefficient (Wildman–Crippen LogP) is 7.92. The van der Waals surface area contributed by atoms with Crippen molar-refractivity contribution in [2.24, 2.45) is 5.92 Å². The predicted molar refractivity (Wildman–Crippen MR) is 117 cm³/mol. The molecule has 0 radical (unpaired) electrons. The molecular weight excluding hydrogens is 324 g/mol. The Kier molecular flexibility index (Phi) is 6.04. The van der Waals surface area contributed by atoms with Gasteiger partial charge in [-0.05, 0) is 46.6 Å². The monoisotopic (exact) mass is 354 g/mol. The van der Waals surface area contributed by atoms with Crippen molar-refractivity contribution >= 4 is 0 Å². The van der Waals surface area contributed by atoms with Crippen molar-refractivity contribution in [1.29, 1.82) is 0 Å². The summed E-state index contributed by atoms with van der Waals surface area (Å²) in [4.78, 5) is 0. The lowest BCUT2D eigenvalue weighted by Crippen LogP contribution is -2.06. The van der Waals surface area contributed by atoms with Gasteiger partial charge in [-0.1, -0.05) is 117 Å². The first-order chi connectivity index (χ1) is 13.4. The van der Waals surface area contributed by atoms with E-state index in [1.54, 1.807) is 0 Å². The SMILES string of the molecule is c1ccc(-c2ccc(-c3ccc(CCCC4CCCCC4)cc3)cc2)cc1. The minimum absolute atomic E-state index is 1.00. The van der Waals surface area contributed by atoms with E-state index in [4.69, 9.17) is 0 Å². The van der Waals surface area contributed by atoms with Crippen LogP contribution >= 0.6 is 0 Å². The Hall–Kier alpha value is -2.34. The number of benzene rings is 3. The Balaban J connectivity index is 1.34. The molecule has 0 spiro atoms. The molecule has 0 bridgehead atoms. The number of rotatable bonds is 6. The molecule has 1 fully saturated rings. The lowest BCUT2D eigenvalue weighted by molar-refractivity contribution is 0.332. The fourth-order valence-corrected chi connectivity index (χ4v) is 4.42. The third-order valence-electron chi connectivity index (χ3n) is 6.08. The van der Waals surface area contributed by atoms with Crippen molar-refractivity contribution in [2.45, 2.75) is 51.4 Å². The summed E-state index contributed by atoms with van der Waals surface area (Å²) in [6, 6.07) is 28.7. The molecule has 0 N–H and O–H groups in total. The maximum absolute atomic E-state index is 2.32. The molecule has 0 atom stereocenters. The van der Waals surface area contributed by atoms with Crippen LogP contribution in [-0.2, 0) is 6.42 Å². The molecule has 0 aromatic heterocycles. The van der Waals surface area contributed by atoms with Crippen LogP contribution in [0.2, 0.25) is 0 Å². The van der Waals surface area contributed by atoms with Crippen LogP contribution < -0.4 is 0 Å². The van der Waals surface area contributed by atoms with Crippen LogP contribution in [0, 0.1) is 5.92 Å². The van der Waals surface area contributed by atoms with E-state index in [2.05, 4.69) is 78.9 Å². The molecular formula is C27H30. The molecule has 0 amide bonds. The van der Waals surface area contributed by atoms with Crippen molar-refractivity contribution in [2.75, 3.05) is 0 Å². The van der Waals surface area contributed by atoms with Crippen LogP contribution in [0.15, 0.2) is 78.9 Å². The van der Waals surface area contributed by atoms with E-state index in [0.29, 0.717) is 0 Å². The highest BCUT2D eigenvalue weighted by atomic mass is 14.2. The average Bonchev–Trinajstić information content (AvgIpc) is 2.76. The summed E-state index contributed by atoms with van der Waals surface area (Å²) in [7, 11) is 0. The van der Waals surface area contributed by atoms with Crippen LogP contribution in [0.1, 0.15) is 50.5 Å². The van der Waals surface area contributed by atoms with Gasteiger partial charge in [0, 0.05) is 0 Å². The van der Waals surface area contributed by atoms with Crippen molar-refractivity contribution in [3.8, 4) is 22.3 Å². The van der Waals surface area contributed by atoms with Gasteiger partial charge in [0.2, 0.25) is 0 Å². The largest absolute Gasteiger partial charge is 0.0622 e. The highest BCUT2D eigenvalue weighted by Crippen LogP contribution is 2.28. The topological polar surface area (TPSA) is 0 Å². The fourth-order valence-electron chi connectivity index (χ4n) is 4.42. The molecule has 0 heterocycles. The molecule has 1 saturated carbocycles. The molecule has 3 aromatic carbocycles. The van der Waals surface area contributed by atoms with Gasteiger partial charge in [-0.25, -0.2) is 0 Å². The van der Waals surface area contributed by atoms with Gasteiger partial charge in [-0.3, -0.25) is 0 Å². The zero-order valence-electron chi connectivity index (χ0n) is 16.2. The maximum atomic E-state index is 2.32. The third kappa shape index (κ3) is 4.89. The van der Waals surface area contributed by atoms with E-state index < -0.39 is 0 Å². The average molecular weight is 355 g/mol. The Morgan fingerprint density at radius 3 is 1.67 bits per heavy atom. The highest BCUT2D eigenvalue weighted by molar-refractivity contribution is 5.70. The van der Waals surface area contributed by atoms with Gasteiger partial charge < -0.3 is 0 Å². The number of aryl methyl sites for hydroxylation is 1. The molecule has 138 valence electrons. The van der Waals surface area contributed by atoms with E-state index in [-0.39, 0.29) is 0 Å². The fraction of sp³-hybridized carbons (Fsp3) is 0.333. The minimum Gasteiger partial charge on any atom is -0.0622 e. The Morgan fingerprint density at radius 1 is 0.556 bits per heavy atom. The van der Waals surface area contributed by atoms with Crippen molar-refractivity contribution < 1.29 is 0 Å². The lowest BCUT2D eigenvalue weighted by Gasteiger charge is -2.21. The zero-order chi connectivity index (χ0) is 18.3. The third-order valence-corrected chi connectivity index (χ3v) is 6.08. The summed E-state index contributed by atoms with van der Waals surface area (Å²) in [6.07, 6.45) is 11.3. The van der Waals surface area contributed by atoms with Gasteiger partial charge in [0.05, 0.1) is 0 Å². The zero-order valence-corrected chi connectivity index (χ0v) is 16.2. The maximum Gasteiger partial charge on any atom is -0.0184 e. The van der Waals surface area contributed by atoms with Gasteiger partial charge in [-0.2, -0.15) is 0 Å². The smallest absolute Gasteiger partial charge is 0.0184 e. The highest BCUT2D eigenvalue weighted by Gasteiger charge is 2.12. The molecule has 1 aliphatic carbocycles. The van der Waals surface area contributed by atoms with Crippen LogP contribution in [0.3, 0.4) is 0 Å². The van der Waals surface area contributed by atoms with E-state index in [1.165, 1.54) is 79.2 Å². The Bertz CT molecular complexity index is 806. The van der Waals surface area contributed by atoms with Gasteiger partial charge in [0.25, 0.3) is 0 Å². The second kappa shape index (κ2) is 9.04.